The molecule has 1 saturated heterocycles. The van der Waals surface area contributed by atoms with Crippen molar-refractivity contribution >= 4 is 24.1 Å². The molecular weight excluding hydrogens is 300 g/mol. The van der Waals surface area contributed by atoms with Crippen LogP contribution in [0.1, 0.15) is 32.1 Å². The van der Waals surface area contributed by atoms with Crippen molar-refractivity contribution in [2.45, 2.75) is 44.2 Å². The summed E-state index contributed by atoms with van der Waals surface area (Å²) < 4.78 is 0. The molecule has 23 heavy (non-hydrogen) atoms. The van der Waals surface area contributed by atoms with Gasteiger partial charge in [-0.25, -0.2) is 0 Å². The lowest BCUT2D eigenvalue weighted by Crippen LogP contribution is -2.48. The molecule has 1 aliphatic rings. The molecule has 0 saturated carbocycles. The lowest BCUT2D eigenvalue weighted by atomic mass is 10.1. The first kappa shape index (κ1) is 18.9. The van der Waals surface area contributed by atoms with Crippen molar-refractivity contribution < 1.29 is 14.4 Å². The van der Waals surface area contributed by atoms with Gasteiger partial charge in [0.05, 0.1) is 18.6 Å². The van der Waals surface area contributed by atoms with E-state index in [-0.39, 0.29) is 24.3 Å². The molecule has 0 spiro atoms. The standard InChI is InChI=1S/C14H26N6O3/c15-11-5-1-2-7-20(13(11)23)8-12(22)19-10(9-21)4-3-6-18-14(16)17/h9-11H,1-8,15H2,(H,19,22)(H4,16,17,18). The molecule has 1 rings (SSSR count). The fourth-order valence-electron chi connectivity index (χ4n) is 2.41. The summed E-state index contributed by atoms with van der Waals surface area (Å²) in [4.78, 5) is 40.3. The van der Waals surface area contributed by atoms with Gasteiger partial charge in [0.15, 0.2) is 5.96 Å². The number of carbonyl (C=O) groups is 3. The Morgan fingerprint density at radius 1 is 1.43 bits per heavy atom. The molecule has 2 unspecified atom stereocenters. The first-order valence-electron chi connectivity index (χ1n) is 7.78. The van der Waals surface area contributed by atoms with Gasteiger partial charge in [-0.3, -0.25) is 14.6 Å². The van der Waals surface area contributed by atoms with Gasteiger partial charge in [-0.15, -0.1) is 0 Å². The van der Waals surface area contributed by atoms with Gasteiger partial charge in [-0.05, 0) is 32.1 Å². The summed E-state index contributed by atoms with van der Waals surface area (Å²) in [7, 11) is 0. The lowest BCUT2D eigenvalue weighted by molar-refractivity contribution is -0.137. The second kappa shape index (κ2) is 9.78. The molecule has 130 valence electrons. The number of nitrogens with zero attached hydrogens (tertiary/aromatic N) is 2. The summed E-state index contributed by atoms with van der Waals surface area (Å²) >= 11 is 0. The van der Waals surface area contributed by atoms with E-state index >= 15 is 0 Å². The molecule has 7 N–H and O–H groups in total. The minimum atomic E-state index is -0.618. The Morgan fingerprint density at radius 2 is 2.17 bits per heavy atom. The van der Waals surface area contributed by atoms with Crippen LogP contribution in [-0.4, -0.2) is 60.7 Å². The Kier molecular flexibility index (Phi) is 8.03. The van der Waals surface area contributed by atoms with E-state index in [9.17, 15) is 14.4 Å². The maximum Gasteiger partial charge on any atom is 0.240 e. The van der Waals surface area contributed by atoms with Gasteiger partial charge in [-0.1, -0.05) is 0 Å². The number of nitrogens with one attached hydrogen (secondary N) is 1. The molecule has 2 atom stereocenters. The number of aldehydes is 1. The van der Waals surface area contributed by atoms with Crippen molar-refractivity contribution in [2.75, 3.05) is 19.6 Å². The van der Waals surface area contributed by atoms with Crippen LogP contribution < -0.4 is 22.5 Å². The molecular formula is C14H26N6O3. The number of hydrogen-bond donors (Lipinski definition) is 4. The summed E-state index contributed by atoms with van der Waals surface area (Å²) in [6.07, 6.45) is 3.99. The second-order valence-electron chi connectivity index (χ2n) is 5.62. The van der Waals surface area contributed by atoms with Gasteiger partial charge >= 0.3 is 0 Å². The first-order chi connectivity index (χ1) is 10.9. The molecule has 0 aromatic rings. The highest BCUT2D eigenvalue weighted by Gasteiger charge is 2.25. The molecule has 2 amide bonds. The van der Waals surface area contributed by atoms with Crippen molar-refractivity contribution in [2.24, 2.45) is 22.2 Å². The highest BCUT2D eigenvalue weighted by molar-refractivity contribution is 5.88. The maximum absolute atomic E-state index is 12.0. The average molecular weight is 326 g/mol. The van der Waals surface area contributed by atoms with Crippen molar-refractivity contribution in [1.29, 1.82) is 0 Å². The molecule has 0 aromatic carbocycles. The van der Waals surface area contributed by atoms with Gasteiger partial charge in [0.1, 0.15) is 6.29 Å². The van der Waals surface area contributed by atoms with Crippen molar-refractivity contribution in [3.8, 4) is 0 Å². The van der Waals surface area contributed by atoms with Crippen LogP contribution in [0.2, 0.25) is 0 Å². The van der Waals surface area contributed by atoms with E-state index in [1.807, 2.05) is 0 Å². The van der Waals surface area contributed by atoms with Crippen LogP contribution in [0.5, 0.6) is 0 Å². The van der Waals surface area contributed by atoms with Crippen molar-refractivity contribution in [1.82, 2.24) is 10.2 Å². The number of hydrogen-bond acceptors (Lipinski definition) is 5. The van der Waals surface area contributed by atoms with Crippen LogP contribution >= 0.6 is 0 Å². The minimum Gasteiger partial charge on any atom is -0.370 e. The quantitative estimate of drug-likeness (QED) is 0.176. The smallest absolute Gasteiger partial charge is 0.240 e. The van der Waals surface area contributed by atoms with Gasteiger partial charge in [0.2, 0.25) is 11.8 Å². The van der Waals surface area contributed by atoms with Gasteiger partial charge in [-0.2, -0.15) is 0 Å². The molecule has 0 aliphatic carbocycles. The number of nitrogens with two attached hydrogens (primary N) is 3. The third kappa shape index (κ3) is 7.09. The number of guanidine groups is 1. The van der Waals surface area contributed by atoms with Crippen LogP contribution in [0, 0.1) is 0 Å². The van der Waals surface area contributed by atoms with Gasteiger partial charge in [0, 0.05) is 13.1 Å². The molecule has 0 bridgehead atoms. The molecule has 1 heterocycles. The number of rotatable bonds is 8. The van der Waals surface area contributed by atoms with Crippen LogP contribution in [-0.2, 0) is 14.4 Å². The average Bonchev–Trinajstić information content (AvgIpc) is 2.65. The minimum absolute atomic E-state index is 0.00676. The predicted octanol–water partition coefficient (Wildman–Crippen LogP) is -1.94. The Bertz CT molecular complexity index is 450. The zero-order valence-corrected chi connectivity index (χ0v) is 13.2. The summed E-state index contributed by atoms with van der Waals surface area (Å²) in [6, 6.07) is -1.17. The van der Waals surface area contributed by atoms with E-state index in [4.69, 9.17) is 17.2 Å². The molecule has 0 aromatic heterocycles. The Morgan fingerprint density at radius 3 is 2.83 bits per heavy atom. The number of carbonyl (C=O) groups excluding carboxylic acids is 3. The van der Waals surface area contributed by atoms with Crippen molar-refractivity contribution in [3.63, 3.8) is 0 Å². The molecule has 0 radical (unpaired) electrons. The molecule has 1 aliphatic heterocycles. The number of amides is 2. The van der Waals surface area contributed by atoms with E-state index < -0.39 is 12.1 Å². The maximum atomic E-state index is 12.0. The molecule has 9 nitrogen and oxygen atoms in total. The summed E-state index contributed by atoms with van der Waals surface area (Å²) in [5.74, 6) is -0.591. The SMILES string of the molecule is NC(N)=NCCCC(C=O)NC(=O)CN1CCCCC(N)C1=O. The van der Waals surface area contributed by atoms with E-state index in [1.165, 1.54) is 4.90 Å². The van der Waals surface area contributed by atoms with Crippen LogP contribution in [0.15, 0.2) is 4.99 Å². The van der Waals surface area contributed by atoms with E-state index in [2.05, 4.69) is 10.3 Å². The summed E-state index contributed by atoms with van der Waals surface area (Å²) in [5.41, 5.74) is 16.2. The Hall–Kier alpha value is -2.16. The van der Waals surface area contributed by atoms with E-state index in [0.717, 1.165) is 12.8 Å². The van der Waals surface area contributed by atoms with Crippen molar-refractivity contribution in [3.05, 3.63) is 0 Å². The highest BCUT2D eigenvalue weighted by atomic mass is 16.2. The second-order valence-corrected chi connectivity index (χ2v) is 5.62. The summed E-state index contributed by atoms with van der Waals surface area (Å²) in [6.45, 7) is 0.822. The number of aliphatic imine (C=N–C) groups is 1. The van der Waals surface area contributed by atoms with E-state index in [0.29, 0.717) is 38.6 Å². The monoisotopic (exact) mass is 326 g/mol. The largest absolute Gasteiger partial charge is 0.370 e. The highest BCUT2D eigenvalue weighted by Crippen LogP contribution is 2.10. The van der Waals surface area contributed by atoms with Crippen LogP contribution in [0.25, 0.3) is 0 Å². The fourth-order valence-corrected chi connectivity index (χ4v) is 2.41. The topological polar surface area (TPSA) is 157 Å². The normalized spacial score (nSPS) is 19.6. The Labute approximate surface area is 135 Å². The summed E-state index contributed by atoms with van der Waals surface area (Å²) in [5, 5.41) is 2.61. The third-order valence-corrected chi connectivity index (χ3v) is 3.63. The zero-order valence-electron chi connectivity index (χ0n) is 13.2. The van der Waals surface area contributed by atoms with Crippen LogP contribution in [0.4, 0.5) is 0 Å². The first-order valence-corrected chi connectivity index (χ1v) is 7.78. The Balaban J connectivity index is 2.41. The van der Waals surface area contributed by atoms with Crippen LogP contribution in [0.3, 0.4) is 0 Å². The third-order valence-electron chi connectivity index (χ3n) is 3.63. The fraction of sp³-hybridized carbons (Fsp3) is 0.714. The zero-order chi connectivity index (χ0) is 17.2. The van der Waals surface area contributed by atoms with Gasteiger partial charge in [0.25, 0.3) is 0 Å². The number of likely N-dealkylation sites (tertiary alicyclic amines) is 1. The lowest BCUT2D eigenvalue weighted by Gasteiger charge is -2.23. The van der Waals surface area contributed by atoms with Gasteiger partial charge < -0.3 is 32.2 Å². The molecule has 1 fully saturated rings. The molecule has 9 heteroatoms. The predicted molar refractivity (Wildman–Crippen MR) is 86.3 cm³/mol. The van der Waals surface area contributed by atoms with E-state index in [1.54, 1.807) is 0 Å².